The topological polar surface area (TPSA) is 29.5 Å². The van der Waals surface area contributed by atoms with Crippen LogP contribution in [0.1, 0.15) is 32.6 Å². The van der Waals surface area contributed by atoms with Crippen molar-refractivity contribution in [1.82, 2.24) is 0 Å². The number of hydrogen-bond acceptors (Lipinski definition) is 2. The molecule has 2 atom stereocenters. The van der Waals surface area contributed by atoms with Crippen molar-refractivity contribution in [3.8, 4) is 0 Å². The third-order valence-corrected chi connectivity index (χ3v) is 3.83. The van der Waals surface area contributed by atoms with Crippen molar-refractivity contribution in [2.24, 2.45) is 11.3 Å². The Labute approximate surface area is 73.9 Å². The van der Waals surface area contributed by atoms with Gasteiger partial charge in [0, 0.05) is 13.2 Å². The highest BCUT2D eigenvalue weighted by Crippen LogP contribution is 2.51. The molecule has 2 aliphatic rings. The average Bonchev–Trinajstić information content (AvgIpc) is 2.36. The Morgan fingerprint density at radius 3 is 2.58 bits per heavy atom. The van der Waals surface area contributed by atoms with Gasteiger partial charge >= 0.3 is 0 Å². The normalized spacial score (nSPS) is 39.5. The smallest absolute Gasteiger partial charge is 0.0582 e. The van der Waals surface area contributed by atoms with Crippen molar-refractivity contribution in [2.45, 2.75) is 38.7 Å². The first-order valence-corrected chi connectivity index (χ1v) is 5.01. The fourth-order valence-corrected chi connectivity index (χ4v) is 2.81. The van der Waals surface area contributed by atoms with Crippen LogP contribution in [0.25, 0.3) is 0 Å². The van der Waals surface area contributed by atoms with E-state index in [9.17, 15) is 5.11 Å². The molecule has 1 aliphatic carbocycles. The lowest BCUT2D eigenvalue weighted by Crippen LogP contribution is -2.43. The van der Waals surface area contributed by atoms with E-state index in [0.29, 0.717) is 18.6 Å². The second kappa shape index (κ2) is 3.00. The van der Waals surface area contributed by atoms with E-state index in [4.69, 9.17) is 4.74 Å². The van der Waals surface area contributed by atoms with Crippen molar-refractivity contribution in [2.75, 3.05) is 13.2 Å². The molecular weight excluding hydrogens is 152 g/mol. The molecule has 0 amide bonds. The van der Waals surface area contributed by atoms with Gasteiger partial charge in [-0.15, -0.1) is 0 Å². The molecule has 0 aromatic carbocycles. The number of aliphatic hydroxyl groups excluding tert-OH is 1. The molecule has 1 aliphatic heterocycles. The quantitative estimate of drug-likeness (QED) is 0.681. The summed E-state index contributed by atoms with van der Waals surface area (Å²) < 4.78 is 5.54. The monoisotopic (exact) mass is 170 g/mol. The SMILES string of the molecule is CC1OCCC1C1(CO)CCC1. The maximum absolute atomic E-state index is 9.36. The summed E-state index contributed by atoms with van der Waals surface area (Å²) in [7, 11) is 0. The van der Waals surface area contributed by atoms with E-state index in [1.54, 1.807) is 0 Å². The van der Waals surface area contributed by atoms with Crippen molar-refractivity contribution >= 4 is 0 Å². The molecule has 12 heavy (non-hydrogen) atoms. The summed E-state index contributed by atoms with van der Waals surface area (Å²) in [6.07, 6.45) is 5.24. The third-order valence-electron chi connectivity index (χ3n) is 3.83. The van der Waals surface area contributed by atoms with Crippen LogP contribution in [0.2, 0.25) is 0 Å². The van der Waals surface area contributed by atoms with Crippen LogP contribution >= 0.6 is 0 Å². The summed E-state index contributed by atoms with van der Waals surface area (Å²) in [6, 6.07) is 0. The Morgan fingerprint density at radius 2 is 2.25 bits per heavy atom. The summed E-state index contributed by atoms with van der Waals surface area (Å²) in [5.74, 6) is 0.622. The Bertz CT molecular complexity index is 158. The third kappa shape index (κ3) is 1.09. The van der Waals surface area contributed by atoms with Gasteiger partial charge in [0.1, 0.15) is 0 Å². The fraction of sp³-hybridized carbons (Fsp3) is 1.00. The molecule has 1 saturated heterocycles. The van der Waals surface area contributed by atoms with E-state index in [1.807, 2.05) is 0 Å². The molecule has 2 unspecified atom stereocenters. The van der Waals surface area contributed by atoms with E-state index in [-0.39, 0.29) is 5.41 Å². The Balaban J connectivity index is 2.05. The first-order chi connectivity index (χ1) is 5.78. The fourth-order valence-electron chi connectivity index (χ4n) is 2.81. The second-order valence-electron chi connectivity index (χ2n) is 4.35. The zero-order valence-electron chi connectivity index (χ0n) is 7.75. The lowest BCUT2D eigenvalue weighted by molar-refractivity contribution is -0.0410. The van der Waals surface area contributed by atoms with Crippen LogP contribution in [-0.4, -0.2) is 24.4 Å². The highest BCUT2D eigenvalue weighted by Gasteiger charge is 2.47. The van der Waals surface area contributed by atoms with Crippen molar-refractivity contribution in [1.29, 1.82) is 0 Å². The summed E-state index contributed by atoms with van der Waals surface area (Å²) in [6.45, 7) is 3.41. The van der Waals surface area contributed by atoms with E-state index in [1.165, 1.54) is 19.3 Å². The van der Waals surface area contributed by atoms with Crippen LogP contribution in [0, 0.1) is 11.3 Å². The molecule has 0 spiro atoms. The van der Waals surface area contributed by atoms with Gasteiger partial charge < -0.3 is 9.84 Å². The standard InChI is InChI=1S/C10H18O2/c1-8-9(3-6-12-8)10(7-11)4-2-5-10/h8-9,11H,2-7H2,1H3. The minimum Gasteiger partial charge on any atom is -0.396 e. The van der Waals surface area contributed by atoms with Gasteiger partial charge in [-0.05, 0) is 37.5 Å². The predicted molar refractivity (Wildman–Crippen MR) is 46.9 cm³/mol. The van der Waals surface area contributed by atoms with E-state index < -0.39 is 0 Å². The zero-order chi connectivity index (χ0) is 8.60. The van der Waals surface area contributed by atoms with Crippen LogP contribution in [0.5, 0.6) is 0 Å². The average molecular weight is 170 g/mol. The molecule has 0 radical (unpaired) electrons. The minimum absolute atomic E-state index is 0.246. The molecule has 2 fully saturated rings. The largest absolute Gasteiger partial charge is 0.396 e. The van der Waals surface area contributed by atoms with E-state index in [2.05, 4.69) is 6.92 Å². The highest BCUT2D eigenvalue weighted by molar-refractivity contribution is 4.96. The minimum atomic E-state index is 0.246. The lowest BCUT2D eigenvalue weighted by atomic mass is 9.60. The van der Waals surface area contributed by atoms with Gasteiger partial charge in [0.05, 0.1) is 6.10 Å². The molecule has 70 valence electrons. The first-order valence-electron chi connectivity index (χ1n) is 5.01. The summed E-state index contributed by atoms with van der Waals surface area (Å²) in [5.41, 5.74) is 0.246. The number of aliphatic hydroxyl groups is 1. The van der Waals surface area contributed by atoms with Gasteiger partial charge in [0.2, 0.25) is 0 Å². The number of rotatable bonds is 2. The van der Waals surface area contributed by atoms with Gasteiger partial charge in [-0.2, -0.15) is 0 Å². The van der Waals surface area contributed by atoms with Crippen LogP contribution in [0.4, 0.5) is 0 Å². The molecule has 0 aromatic heterocycles. The first kappa shape index (κ1) is 8.52. The molecule has 2 heteroatoms. The molecule has 2 nitrogen and oxygen atoms in total. The number of ether oxygens (including phenoxy) is 1. The van der Waals surface area contributed by atoms with E-state index in [0.717, 1.165) is 13.0 Å². The molecule has 1 N–H and O–H groups in total. The number of hydrogen-bond donors (Lipinski definition) is 1. The highest BCUT2D eigenvalue weighted by atomic mass is 16.5. The Kier molecular flexibility index (Phi) is 2.13. The van der Waals surface area contributed by atoms with Crippen molar-refractivity contribution in [3.05, 3.63) is 0 Å². The van der Waals surface area contributed by atoms with Crippen LogP contribution < -0.4 is 0 Å². The molecule has 1 heterocycles. The lowest BCUT2D eigenvalue weighted by Gasteiger charge is -2.46. The molecule has 2 rings (SSSR count). The Morgan fingerprint density at radius 1 is 1.50 bits per heavy atom. The van der Waals surface area contributed by atoms with E-state index >= 15 is 0 Å². The van der Waals surface area contributed by atoms with Crippen LogP contribution in [-0.2, 0) is 4.74 Å². The summed E-state index contributed by atoms with van der Waals surface area (Å²) in [5, 5.41) is 9.36. The van der Waals surface area contributed by atoms with Crippen LogP contribution in [0.3, 0.4) is 0 Å². The molecular formula is C10H18O2. The predicted octanol–water partition coefficient (Wildman–Crippen LogP) is 1.57. The van der Waals surface area contributed by atoms with Crippen LogP contribution in [0.15, 0.2) is 0 Å². The Hall–Kier alpha value is -0.0800. The van der Waals surface area contributed by atoms with Crippen molar-refractivity contribution in [3.63, 3.8) is 0 Å². The maximum atomic E-state index is 9.36. The second-order valence-corrected chi connectivity index (χ2v) is 4.35. The van der Waals surface area contributed by atoms with Gasteiger partial charge in [-0.25, -0.2) is 0 Å². The zero-order valence-corrected chi connectivity index (χ0v) is 7.75. The molecule has 1 saturated carbocycles. The molecule has 0 bridgehead atoms. The van der Waals surface area contributed by atoms with Gasteiger partial charge in [0.15, 0.2) is 0 Å². The van der Waals surface area contributed by atoms with Crippen molar-refractivity contribution < 1.29 is 9.84 Å². The van der Waals surface area contributed by atoms with Gasteiger partial charge in [-0.3, -0.25) is 0 Å². The maximum Gasteiger partial charge on any atom is 0.0582 e. The summed E-state index contributed by atoms with van der Waals surface area (Å²) >= 11 is 0. The summed E-state index contributed by atoms with van der Waals surface area (Å²) in [4.78, 5) is 0. The van der Waals surface area contributed by atoms with Gasteiger partial charge in [0.25, 0.3) is 0 Å². The molecule has 0 aromatic rings. The van der Waals surface area contributed by atoms with Gasteiger partial charge in [-0.1, -0.05) is 6.42 Å².